The molecule has 0 aliphatic carbocycles. The van der Waals surface area contributed by atoms with E-state index in [4.69, 9.17) is 25.2 Å². The largest absolute Gasteiger partial charge is 0.399 e. The van der Waals surface area contributed by atoms with Crippen LogP contribution in [0.2, 0.25) is 0 Å². The average Bonchev–Trinajstić information content (AvgIpc) is 1.61. The summed E-state index contributed by atoms with van der Waals surface area (Å²) in [5.74, 6) is -2.16. The number of hydrogen-bond donors (Lipinski definition) is 4. The number of nitrogens with zero attached hydrogens (tertiary/aromatic N) is 15. The van der Waals surface area contributed by atoms with Crippen molar-refractivity contribution in [3.63, 3.8) is 0 Å². The SMILES string of the molecule is C[C@@H]1CN(c2cc(-c3n[nH]c4ccc(N)cc34)ccn2)C[C@H](C)N1CCOCCN1CCN(c2ccc3c(c2)C(=O)N(C2CCC(=O)NC2=O)C3=O)CC1.C[C@@H]1CN(c2cc(C3=NCc4ccc([N+](=O)[O-])cc43)ccn2)C[C@H](C)N1CCOCCN1CCN(c2ccc3c(c2)C(=O)N(C2CCC(=O)NC2=O)C3=O)CC1. The van der Waals surface area contributed by atoms with Crippen LogP contribution < -0.4 is 36.0 Å². The smallest absolute Gasteiger partial charge is 0.270 e. The number of piperazine rings is 4. The van der Waals surface area contributed by atoms with E-state index < -0.39 is 53.4 Å². The number of pyridine rings is 2. The van der Waals surface area contributed by atoms with E-state index in [0.717, 1.165) is 182 Å². The van der Waals surface area contributed by atoms with Crippen LogP contribution in [0.25, 0.3) is 22.2 Å². The van der Waals surface area contributed by atoms with E-state index >= 15 is 0 Å². The highest BCUT2D eigenvalue weighted by Gasteiger charge is 2.47. The molecule has 12 heterocycles. The van der Waals surface area contributed by atoms with Crippen molar-refractivity contribution in [2.45, 2.75) is 96.2 Å². The Morgan fingerprint density at radius 2 is 0.982 bits per heavy atom. The molecule has 6 atom stereocenters. The first-order valence-corrected chi connectivity index (χ1v) is 38.0. The molecule has 110 heavy (non-hydrogen) atoms. The van der Waals surface area contributed by atoms with Crippen molar-refractivity contribution in [1.29, 1.82) is 0 Å². The van der Waals surface area contributed by atoms with Crippen molar-refractivity contribution in [3.05, 3.63) is 159 Å². The lowest BCUT2D eigenvalue weighted by Gasteiger charge is -2.45. The second kappa shape index (κ2) is 31.9. The number of H-pyrrole nitrogens is 1. The van der Waals surface area contributed by atoms with Gasteiger partial charge in [-0.3, -0.25) is 98.6 Å². The Kier molecular flexibility index (Phi) is 21.6. The number of carbonyl (C=O) groups is 8. The van der Waals surface area contributed by atoms with Gasteiger partial charge in [0.2, 0.25) is 23.6 Å². The lowest BCUT2D eigenvalue weighted by atomic mass is 10.00. The van der Waals surface area contributed by atoms with Gasteiger partial charge in [-0.2, -0.15) is 5.10 Å². The molecule has 31 nitrogen and oxygen atoms in total. The van der Waals surface area contributed by atoms with Gasteiger partial charge in [0, 0.05) is 205 Å². The van der Waals surface area contributed by atoms with Crippen LogP contribution in [-0.2, 0) is 35.2 Å². The molecule has 2 unspecified atom stereocenters. The van der Waals surface area contributed by atoms with E-state index in [9.17, 15) is 48.5 Å². The summed E-state index contributed by atoms with van der Waals surface area (Å²) in [5.41, 5.74) is 16.0. The maximum Gasteiger partial charge on any atom is 0.270 e. The van der Waals surface area contributed by atoms with Crippen molar-refractivity contribution in [2.24, 2.45) is 4.99 Å². The van der Waals surface area contributed by atoms with Crippen molar-refractivity contribution >= 4 is 98.3 Å². The van der Waals surface area contributed by atoms with Crippen LogP contribution in [0.5, 0.6) is 0 Å². The summed E-state index contributed by atoms with van der Waals surface area (Å²) in [7, 11) is 0. The van der Waals surface area contributed by atoms with Gasteiger partial charge in [-0.25, -0.2) is 9.97 Å². The predicted molar refractivity (Wildman–Crippen MR) is 411 cm³/mol. The highest BCUT2D eigenvalue weighted by molar-refractivity contribution is 6.25. The molecule has 0 bridgehead atoms. The Balaban J connectivity index is 0.000000175. The first-order chi connectivity index (χ1) is 53.2. The van der Waals surface area contributed by atoms with Crippen LogP contribution in [0.4, 0.5) is 34.4 Å². The Hall–Kier alpha value is -11.0. The van der Waals surface area contributed by atoms with Gasteiger partial charge in [0.25, 0.3) is 29.3 Å². The van der Waals surface area contributed by atoms with E-state index in [1.807, 2.05) is 54.7 Å². The highest BCUT2D eigenvalue weighted by atomic mass is 16.6. The lowest BCUT2D eigenvalue weighted by Crippen LogP contribution is -2.57. The number of nitrogen functional groups attached to an aromatic ring is 1. The van der Waals surface area contributed by atoms with Gasteiger partial charge in [-0.1, -0.05) is 0 Å². The normalized spacial score (nSPS) is 22.9. The second-order valence-electron chi connectivity index (χ2n) is 29.9. The molecular weight excluding hydrogens is 1410 g/mol. The van der Waals surface area contributed by atoms with Crippen LogP contribution in [0.15, 0.2) is 114 Å². The Bertz CT molecular complexity index is 4780. The minimum atomic E-state index is -0.978. The number of aromatic amines is 1. The molecule has 6 fully saturated rings. The zero-order valence-electron chi connectivity index (χ0n) is 62.2. The first kappa shape index (κ1) is 74.5. The minimum Gasteiger partial charge on any atom is -0.399 e. The Morgan fingerprint density at radius 1 is 0.509 bits per heavy atom. The number of imide groups is 4. The van der Waals surface area contributed by atoms with Gasteiger partial charge < -0.3 is 34.8 Å². The zero-order chi connectivity index (χ0) is 76.6. The summed E-state index contributed by atoms with van der Waals surface area (Å²) in [5, 5.41) is 24.6. The van der Waals surface area contributed by atoms with E-state index in [-0.39, 0.29) is 59.8 Å². The lowest BCUT2D eigenvalue weighted by molar-refractivity contribution is -0.384. The molecular formula is C79H91N19O12. The maximum absolute atomic E-state index is 13.3. The fraction of sp³-hybridized carbons (Fsp3) is 0.443. The van der Waals surface area contributed by atoms with Crippen LogP contribution >= 0.6 is 0 Å². The fourth-order valence-electron chi connectivity index (χ4n) is 16.9. The zero-order valence-corrected chi connectivity index (χ0v) is 62.2. The second-order valence-corrected chi connectivity index (χ2v) is 29.9. The minimum absolute atomic E-state index is 0.0613. The van der Waals surface area contributed by atoms with Crippen LogP contribution in [0.1, 0.15) is 112 Å². The van der Waals surface area contributed by atoms with E-state index in [1.165, 1.54) is 6.07 Å². The molecule has 0 radical (unpaired) electrons. The maximum atomic E-state index is 13.3. The molecule has 5 N–H and O–H groups in total. The number of fused-ring (bicyclic) bond motifs is 4. The average molecular weight is 1500 g/mol. The number of rotatable bonds is 21. The molecule has 7 aromatic rings. The number of nitrogens with one attached hydrogen (secondary N) is 3. The van der Waals surface area contributed by atoms with Gasteiger partial charge in [0.15, 0.2) is 0 Å². The number of carbonyl (C=O) groups excluding carboxylic acids is 8. The van der Waals surface area contributed by atoms with Crippen molar-refractivity contribution in [2.75, 3.05) is 156 Å². The molecule has 0 saturated carbocycles. The summed E-state index contributed by atoms with van der Waals surface area (Å²) < 4.78 is 12.3. The predicted octanol–water partition coefficient (Wildman–Crippen LogP) is 4.83. The molecule has 3 aromatic heterocycles. The molecule has 574 valence electrons. The standard InChI is InChI=1S/C40H45N9O7.C39H46N10O5/c1-25-23-46(35-19-27(9-10-41-35)37-32-21-30(49(54)55)4-3-28(32)22-42-37)24-26(2)47(25)16-18-56-17-15-44-11-13-45(14-12-44)29-5-6-31-33(20-29)40(53)48(39(31)52)34-7-8-36(50)43-38(34)51;1-24-22-47(34-19-26(9-10-41-34)36-31-20-27(40)3-6-32(31)43-44-36)23-25(2)48(24)16-18-54-17-15-45-11-13-46(14-12-45)28-4-5-29-30(21-28)39(53)49(38(29)52)33-7-8-35(50)42-37(33)51/h3-6,9-10,19-21,25-26,34H,7-8,11-18,22-24H2,1-2H3,(H,43,50,51);3-6,9-10,19-21,24-25,33H,7-8,11-18,22-23,40H2,1-2H3,(H,43,44)(H,42,50,51)/t25-,26+,34?;24-,25+,33?. The number of amides is 8. The summed E-state index contributed by atoms with van der Waals surface area (Å²) in [6, 6.07) is 28.6. The molecule has 31 heteroatoms. The van der Waals surface area contributed by atoms with Crippen molar-refractivity contribution in [3.8, 4) is 11.3 Å². The third-order valence-corrected chi connectivity index (χ3v) is 22.9. The molecule has 0 spiro atoms. The number of aromatic nitrogens is 4. The summed E-state index contributed by atoms with van der Waals surface area (Å²) in [4.78, 5) is 147. The number of benzene rings is 4. The van der Waals surface area contributed by atoms with Crippen LogP contribution in [0.3, 0.4) is 0 Å². The number of nitro benzene ring substituents is 1. The molecule has 6 saturated heterocycles. The van der Waals surface area contributed by atoms with Gasteiger partial charge in [-0.15, -0.1) is 0 Å². The number of nitrogens with two attached hydrogens (primary N) is 1. The Morgan fingerprint density at radius 3 is 1.47 bits per heavy atom. The summed E-state index contributed by atoms with van der Waals surface area (Å²) in [6.07, 6.45) is 4.09. The number of hydrogen-bond acceptors (Lipinski definition) is 25. The number of piperidine rings is 2. The van der Waals surface area contributed by atoms with Crippen LogP contribution in [-0.4, -0.2) is 275 Å². The summed E-state index contributed by atoms with van der Waals surface area (Å²) in [6.45, 7) is 25.2. The van der Waals surface area contributed by atoms with Gasteiger partial charge in [-0.05, 0) is 131 Å². The number of non-ortho nitro benzene ring substituents is 1. The van der Waals surface area contributed by atoms with Gasteiger partial charge in [0.05, 0.1) is 71.4 Å². The molecule has 16 rings (SSSR count). The van der Waals surface area contributed by atoms with Crippen molar-refractivity contribution in [1.82, 2.24) is 60.2 Å². The quantitative estimate of drug-likeness (QED) is 0.0246. The van der Waals surface area contributed by atoms with Crippen molar-refractivity contribution < 1.29 is 52.8 Å². The van der Waals surface area contributed by atoms with E-state index in [0.29, 0.717) is 67.4 Å². The Labute approximate surface area is 635 Å². The summed E-state index contributed by atoms with van der Waals surface area (Å²) >= 11 is 0. The fourth-order valence-corrected chi connectivity index (χ4v) is 16.9. The molecule has 9 aliphatic heterocycles. The monoisotopic (exact) mass is 1500 g/mol. The third-order valence-electron chi connectivity index (χ3n) is 22.9. The molecule has 8 amide bonds. The first-order valence-electron chi connectivity index (χ1n) is 38.0. The van der Waals surface area contributed by atoms with Gasteiger partial charge in [0.1, 0.15) is 29.4 Å². The number of aliphatic imine (C=N–C) groups is 1. The highest BCUT2D eigenvalue weighted by Crippen LogP contribution is 2.36. The number of nitro groups is 1. The third kappa shape index (κ3) is 15.4. The topological polar surface area (TPSA) is 347 Å². The van der Waals surface area contributed by atoms with Crippen LogP contribution in [0, 0.1) is 10.1 Å². The van der Waals surface area contributed by atoms with E-state index in [2.05, 4.69) is 98.8 Å². The number of ether oxygens (including phenoxy) is 2. The van der Waals surface area contributed by atoms with E-state index in [1.54, 1.807) is 42.6 Å². The molecule has 4 aromatic carbocycles. The molecule has 9 aliphatic rings. The van der Waals surface area contributed by atoms with Gasteiger partial charge >= 0.3 is 0 Å². The number of anilines is 5.